The molecule has 1 heterocycles. The maximum absolute atomic E-state index is 13.1. The fourth-order valence-corrected chi connectivity index (χ4v) is 7.26. The summed E-state index contributed by atoms with van der Waals surface area (Å²) in [7, 11) is -4.62. The van der Waals surface area contributed by atoms with E-state index < -0.39 is 20.0 Å². The van der Waals surface area contributed by atoms with E-state index in [-0.39, 0.29) is 9.79 Å². The first kappa shape index (κ1) is 22.6. The monoisotopic (exact) mass is 490 g/mol. The molecule has 3 aliphatic carbocycles. The second kappa shape index (κ2) is 7.97. The Hall–Kier alpha value is -2.14. The maximum atomic E-state index is 13.1. The molecule has 8 nitrogen and oxygen atoms in total. The maximum Gasteiger partial charge on any atom is 0.261 e. The van der Waals surface area contributed by atoms with Gasteiger partial charge in [0.25, 0.3) is 10.0 Å². The van der Waals surface area contributed by atoms with Crippen molar-refractivity contribution in [3.05, 3.63) is 48.5 Å². The molecule has 10 heteroatoms. The van der Waals surface area contributed by atoms with Gasteiger partial charge in [-0.25, -0.2) is 21.1 Å². The number of nitrogens with zero attached hydrogens (tertiary/aromatic N) is 3. The van der Waals surface area contributed by atoms with Gasteiger partial charge in [-0.15, -0.1) is 0 Å². The number of rotatable bonds is 7. The summed E-state index contributed by atoms with van der Waals surface area (Å²) in [5, 5.41) is 0. The lowest BCUT2D eigenvalue weighted by molar-refractivity contribution is -0.145. The molecule has 178 valence electrons. The fourth-order valence-electron chi connectivity index (χ4n) is 5.28. The van der Waals surface area contributed by atoms with E-state index in [9.17, 15) is 16.8 Å². The third-order valence-corrected chi connectivity index (χ3v) is 10.6. The topological polar surface area (TPSA) is 90.0 Å². The van der Waals surface area contributed by atoms with E-state index in [4.69, 9.17) is 0 Å². The van der Waals surface area contributed by atoms with Gasteiger partial charge < -0.3 is 4.90 Å². The molecule has 0 unspecified atom stereocenters. The lowest BCUT2D eigenvalue weighted by Crippen LogP contribution is -2.71. The van der Waals surface area contributed by atoms with Gasteiger partial charge in [-0.2, -0.15) is 0 Å². The number of anilines is 2. The van der Waals surface area contributed by atoms with Gasteiger partial charge in [0.2, 0.25) is 10.0 Å². The Labute approximate surface area is 196 Å². The third kappa shape index (κ3) is 3.92. The second-order valence-electron chi connectivity index (χ2n) is 9.56. The van der Waals surface area contributed by atoms with Crippen LogP contribution in [0.2, 0.25) is 0 Å². The SMILES string of the molecule is CN(C)S(=O)(=O)c1ccc(S(=O)(=O)Nc2ccccc2N2CCN(C34CC(C3)C4)CC2)cc1. The molecule has 4 fully saturated rings. The molecule has 33 heavy (non-hydrogen) atoms. The summed E-state index contributed by atoms with van der Waals surface area (Å²) in [6.07, 6.45) is 4.04. The molecule has 4 aliphatic rings. The summed E-state index contributed by atoms with van der Waals surface area (Å²) in [5.41, 5.74) is 1.86. The molecular weight excluding hydrogens is 460 g/mol. The Morgan fingerprint density at radius 1 is 0.848 bits per heavy atom. The summed E-state index contributed by atoms with van der Waals surface area (Å²) in [6, 6.07) is 12.7. The van der Waals surface area contributed by atoms with E-state index >= 15 is 0 Å². The van der Waals surface area contributed by atoms with E-state index in [1.807, 2.05) is 18.2 Å². The van der Waals surface area contributed by atoms with Crippen LogP contribution < -0.4 is 9.62 Å². The van der Waals surface area contributed by atoms with Crippen molar-refractivity contribution in [1.29, 1.82) is 0 Å². The zero-order valence-electron chi connectivity index (χ0n) is 18.9. The van der Waals surface area contributed by atoms with Crippen LogP contribution in [0.4, 0.5) is 11.4 Å². The van der Waals surface area contributed by atoms with Crippen LogP contribution in [0.15, 0.2) is 58.3 Å². The fraction of sp³-hybridized carbons (Fsp3) is 0.478. The van der Waals surface area contributed by atoms with E-state index in [1.54, 1.807) is 6.07 Å². The molecule has 1 aliphatic heterocycles. The van der Waals surface area contributed by atoms with Crippen LogP contribution in [0.1, 0.15) is 19.3 Å². The quantitative estimate of drug-likeness (QED) is 0.641. The van der Waals surface area contributed by atoms with Crippen molar-refractivity contribution < 1.29 is 16.8 Å². The summed E-state index contributed by atoms with van der Waals surface area (Å²) < 4.78 is 54.5. The van der Waals surface area contributed by atoms with Crippen LogP contribution in [-0.4, -0.2) is 71.9 Å². The number of sulfonamides is 2. The van der Waals surface area contributed by atoms with Gasteiger partial charge in [0.05, 0.1) is 21.2 Å². The first-order valence-electron chi connectivity index (χ1n) is 11.3. The molecule has 6 rings (SSSR count). The molecule has 1 N–H and O–H groups in total. The minimum absolute atomic E-state index is 0.0171. The number of piperazine rings is 1. The third-order valence-electron chi connectivity index (χ3n) is 7.36. The van der Waals surface area contributed by atoms with Crippen LogP contribution in [0.5, 0.6) is 0 Å². The van der Waals surface area contributed by atoms with Crippen molar-refractivity contribution in [3.8, 4) is 0 Å². The van der Waals surface area contributed by atoms with Crippen molar-refractivity contribution in [2.75, 3.05) is 49.9 Å². The van der Waals surface area contributed by atoms with Crippen molar-refractivity contribution in [2.45, 2.75) is 34.6 Å². The van der Waals surface area contributed by atoms with Gasteiger partial charge in [-0.05, 0) is 61.6 Å². The Bertz CT molecular complexity index is 1230. The molecule has 0 radical (unpaired) electrons. The number of nitrogens with one attached hydrogen (secondary N) is 1. The molecule has 0 atom stereocenters. The van der Waals surface area contributed by atoms with Crippen LogP contribution in [0.25, 0.3) is 0 Å². The summed E-state index contributed by atoms with van der Waals surface area (Å²) in [6.45, 7) is 3.72. The average molecular weight is 491 g/mol. The Morgan fingerprint density at radius 3 is 1.97 bits per heavy atom. The average Bonchev–Trinajstić information content (AvgIpc) is 2.72. The number of benzene rings is 2. The Morgan fingerprint density at radius 2 is 1.42 bits per heavy atom. The number of para-hydroxylation sites is 2. The van der Waals surface area contributed by atoms with Gasteiger partial charge in [-0.1, -0.05) is 12.1 Å². The highest BCUT2D eigenvalue weighted by atomic mass is 32.2. The molecule has 0 aromatic heterocycles. The van der Waals surface area contributed by atoms with E-state index in [1.165, 1.54) is 57.6 Å². The van der Waals surface area contributed by atoms with Gasteiger partial charge in [-0.3, -0.25) is 9.62 Å². The van der Waals surface area contributed by atoms with Crippen LogP contribution >= 0.6 is 0 Å². The Kier molecular flexibility index (Phi) is 5.47. The largest absolute Gasteiger partial charge is 0.367 e. The molecule has 2 aromatic carbocycles. The van der Waals surface area contributed by atoms with Gasteiger partial charge in [0.1, 0.15) is 0 Å². The van der Waals surface area contributed by atoms with Crippen molar-refractivity contribution in [2.24, 2.45) is 5.92 Å². The Balaban J connectivity index is 1.31. The molecule has 0 amide bonds. The number of hydrogen-bond donors (Lipinski definition) is 1. The van der Waals surface area contributed by atoms with E-state index in [0.717, 1.165) is 42.1 Å². The summed E-state index contributed by atoms with van der Waals surface area (Å²) >= 11 is 0. The highest BCUT2D eigenvalue weighted by Crippen LogP contribution is 2.60. The zero-order valence-corrected chi connectivity index (χ0v) is 20.6. The minimum atomic E-state index is -3.87. The van der Waals surface area contributed by atoms with Gasteiger partial charge >= 0.3 is 0 Å². The lowest BCUT2D eigenvalue weighted by Gasteiger charge is -2.67. The molecule has 1 saturated heterocycles. The second-order valence-corrected chi connectivity index (χ2v) is 13.4. The molecular formula is C23H30N4O4S2. The highest BCUT2D eigenvalue weighted by molar-refractivity contribution is 7.92. The highest BCUT2D eigenvalue weighted by Gasteiger charge is 2.59. The summed E-state index contributed by atoms with van der Waals surface area (Å²) in [5.74, 6) is 0.954. The smallest absolute Gasteiger partial charge is 0.261 e. The number of hydrogen-bond acceptors (Lipinski definition) is 6. The predicted molar refractivity (Wildman–Crippen MR) is 128 cm³/mol. The van der Waals surface area contributed by atoms with Crippen LogP contribution in [0, 0.1) is 5.92 Å². The molecule has 2 aromatic rings. The van der Waals surface area contributed by atoms with Crippen LogP contribution in [0.3, 0.4) is 0 Å². The van der Waals surface area contributed by atoms with E-state index in [0.29, 0.717) is 11.2 Å². The standard InChI is InChI=1S/C23H30N4O4S2/c1-25(2)33(30,31)20-9-7-19(8-10-20)32(28,29)24-21-5-3-4-6-22(21)26-11-13-27(14-12-26)23-15-18(16-23)17-23/h3-10,18,24H,11-17H2,1-2H3. The van der Waals surface area contributed by atoms with Gasteiger partial charge in [0, 0.05) is 45.8 Å². The minimum Gasteiger partial charge on any atom is -0.367 e. The molecule has 2 bridgehead atoms. The van der Waals surface area contributed by atoms with E-state index in [2.05, 4.69) is 14.5 Å². The lowest BCUT2D eigenvalue weighted by atomic mass is 9.49. The normalized spacial score (nSPS) is 25.4. The van der Waals surface area contributed by atoms with Crippen molar-refractivity contribution in [3.63, 3.8) is 0 Å². The zero-order chi connectivity index (χ0) is 23.4. The first-order valence-corrected chi connectivity index (χ1v) is 14.2. The first-order chi connectivity index (χ1) is 15.6. The van der Waals surface area contributed by atoms with Crippen molar-refractivity contribution in [1.82, 2.24) is 9.21 Å². The van der Waals surface area contributed by atoms with Gasteiger partial charge in [0.15, 0.2) is 0 Å². The molecule has 3 saturated carbocycles. The van der Waals surface area contributed by atoms with Crippen LogP contribution in [-0.2, 0) is 20.0 Å². The molecule has 0 spiro atoms. The van der Waals surface area contributed by atoms with Crippen molar-refractivity contribution >= 4 is 31.4 Å². The summed E-state index contributed by atoms with van der Waals surface area (Å²) in [4.78, 5) is 4.93. The predicted octanol–water partition coefficient (Wildman–Crippen LogP) is 2.41.